The molecule has 1 aromatic rings. The summed E-state index contributed by atoms with van der Waals surface area (Å²) in [6.45, 7) is 0.598. The van der Waals surface area contributed by atoms with Crippen molar-refractivity contribution in [3.05, 3.63) is 30.1 Å². The van der Waals surface area contributed by atoms with Gasteiger partial charge in [0.05, 0.1) is 6.54 Å². The summed E-state index contributed by atoms with van der Waals surface area (Å²) in [5, 5.41) is 3.48. The van der Waals surface area contributed by atoms with E-state index in [0.29, 0.717) is 12.8 Å². The molecule has 4 amide bonds. The largest absolute Gasteiger partial charge is 0.344 e. The van der Waals surface area contributed by atoms with Gasteiger partial charge in [0.1, 0.15) is 16.3 Å². The fourth-order valence-corrected chi connectivity index (χ4v) is 5.99. The predicted octanol–water partition coefficient (Wildman–Crippen LogP) is 0.418. The van der Waals surface area contributed by atoms with Crippen molar-refractivity contribution in [3.8, 4) is 0 Å². The quantitative estimate of drug-likeness (QED) is 0.606. The average Bonchev–Trinajstić information content (AvgIpc) is 2.98. The lowest BCUT2D eigenvalue weighted by molar-refractivity contribution is -0.140. The number of rotatable bonds is 5. The third kappa shape index (κ3) is 4.21. The van der Waals surface area contributed by atoms with E-state index in [-0.39, 0.29) is 37.6 Å². The summed E-state index contributed by atoms with van der Waals surface area (Å²) in [6, 6.07) is 4.57. The van der Waals surface area contributed by atoms with Gasteiger partial charge in [-0.25, -0.2) is 17.6 Å². The van der Waals surface area contributed by atoms with Gasteiger partial charge in [-0.1, -0.05) is 31.4 Å². The Morgan fingerprint density at radius 2 is 1.72 bits per heavy atom. The number of nitrogens with zero attached hydrogens (tertiary/aromatic N) is 3. The second-order valence-electron chi connectivity index (χ2n) is 8.36. The lowest BCUT2D eigenvalue weighted by atomic mass is 9.82. The first-order chi connectivity index (χ1) is 15.2. The normalized spacial score (nSPS) is 22.2. The van der Waals surface area contributed by atoms with Crippen LogP contribution in [0.4, 0.5) is 9.18 Å². The second-order valence-corrected chi connectivity index (χ2v) is 10.3. The highest BCUT2D eigenvalue weighted by Crippen LogP contribution is 2.33. The molecule has 174 valence electrons. The van der Waals surface area contributed by atoms with Crippen molar-refractivity contribution in [2.45, 2.75) is 42.5 Å². The van der Waals surface area contributed by atoms with Gasteiger partial charge < -0.3 is 5.32 Å². The van der Waals surface area contributed by atoms with Gasteiger partial charge in [-0.3, -0.25) is 19.9 Å². The van der Waals surface area contributed by atoms with Crippen molar-refractivity contribution < 1.29 is 27.2 Å². The van der Waals surface area contributed by atoms with Gasteiger partial charge in [-0.2, -0.15) is 9.31 Å². The standard InChI is InChI=1S/C20H26FN5O5S/c21-15-6-2-3-7-16(15)32(30,31)25-12-10-24(11-13-25)14-17(27)23-26-18(28)20(22-19(26)29)8-4-1-5-9-20/h2-3,6-7H,1,4-5,8-14H2,(H,22,29)(H,23,27). The van der Waals surface area contributed by atoms with Crippen LogP contribution in [0, 0.1) is 5.82 Å². The van der Waals surface area contributed by atoms with Crippen LogP contribution in [0.2, 0.25) is 0 Å². The monoisotopic (exact) mass is 467 g/mol. The van der Waals surface area contributed by atoms with Crippen LogP contribution in [0.3, 0.4) is 0 Å². The number of piperazine rings is 1. The molecule has 4 rings (SSSR count). The van der Waals surface area contributed by atoms with Crippen LogP contribution in [0.25, 0.3) is 0 Å². The molecule has 3 aliphatic rings. The molecular formula is C20H26FN5O5S. The molecule has 1 spiro atoms. The number of hydrazine groups is 1. The number of urea groups is 1. The zero-order valence-electron chi connectivity index (χ0n) is 17.5. The molecule has 0 aromatic heterocycles. The maximum atomic E-state index is 13.9. The number of imide groups is 1. The summed E-state index contributed by atoms with van der Waals surface area (Å²) in [5.74, 6) is -1.78. The van der Waals surface area contributed by atoms with Gasteiger partial charge in [0.15, 0.2) is 0 Å². The van der Waals surface area contributed by atoms with Gasteiger partial charge in [0, 0.05) is 26.2 Å². The van der Waals surface area contributed by atoms with E-state index in [1.165, 1.54) is 22.5 Å². The van der Waals surface area contributed by atoms with Gasteiger partial charge in [-0.15, -0.1) is 0 Å². The molecular weight excluding hydrogens is 441 g/mol. The van der Waals surface area contributed by atoms with E-state index >= 15 is 0 Å². The molecule has 1 saturated carbocycles. The van der Waals surface area contributed by atoms with Crippen molar-refractivity contribution >= 4 is 27.9 Å². The second kappa shape index (κ2) is 8.75. The summed E-state index contributed by atoms with van der Waals surface area (Å²) in [4.78, 5) is 38.8. The number of hydrogen-bond acceptors (Lipinski definition) is 6. The van der Waals surface area contributed by atoms with Gasteiger partial charge in [0.25, 0.3) is 11.8 Å². The molecule has 2 N–H and O–H groups in total. The molecule has 2 heterocycles. The van der Waals surface area contributed by atoms with E-state index in [2.05, 4.69) is 10.7 Å². The SMILES string of the molecule is O=C(CN1CCN(S(=O)(=O)c2ccccc2F)CC1)NN1C(=O)NC2(CCCCC2)C1=O. The molecule has 0 radical (unpaired) electrons. The summed E-state index contributed by atoms with van der Waals surface area (Å²) in [7, 11) is -3.97. The minimum atomic E-state index is -3.97. The average molecular weight is 468 g/mol. The van der Waals surface area contributed by atoms with Crippen LogP contribution in [-0.4, -0.2) is 78.7 Å². The molecule has 2 aliphatic heterocycles. The molecule has 0 bridgehead atoms. The van der Waals surface area contributed by atoms with Crippen molar-refractivity contribution in [1.29, 1.82) is 0 Å². The minimum Gasteiger partial charge on any atom is -0.322 e. The first-order valence-corrected chi connectivity index (χ1v) is 12.1. The number of carbonyl (C=O) groups is 3. The number of sulfonamides is 1. The summed E-state index contributed by atoms with van der Waals surface area (Å²) < 4.78 is 40.5. The minimum absolute atomic E-state index is 0.0934. The Kier molecular flexibility index (Phi) is 6.19. The fourth-order valence-electron chi connectivity index (χ4n) is 4.50. The Labute approximate surface area is 185 Å². The third-order valence-corrected chi connectivity index (χ3v) is 8.19. The van der Waals surface area contributed by atoms with E-state index in [9.17, 15) is 27.2 Å². The molecule has 0 unspecified atom stereocenters. The van der Waals surface area contributed by atoms with Crippen LogP contribution in [0.15, 0.2) is 29.2 Å². The zero-order chi connectivity index (χ0) is 22.9. The summed E-state index contributed by atoms with van der Waals surface area (Å²) >= 11 is 0. The molecule has 3 fully saturated rings. The van der Waals surface area contributed by atoms with E-state index in [4.69, 9.17) is 0 Å². The topological polar surface area (TPSA) is 119 Å². The van der Waals surface area contributed by atoms with Crippen molar-refractivity contribution in [3.63, 3.8) is 0 Å². The molecule has 32 heavy (non-hydrogen) atoms. The van der Waals surface area contributed by atoms with Crippen molar-refractivity contribution in [2.24, 2.45) is 0 Å². The highest BCUT2D eigenvalue weighted by molar-refractivity contribution is 7.89. The van der Waals surface area contributed by atoms with Gasteiger partial charge >= 0.3 is 6.03 Å². The Bertz CT molecular complexity index is 1020. The van der Waals surface area contributed by atoms with Crippen LogP contribution < -0.4 is 10.7 Å². The number of hydrogen-bond donors (Lipinski definition) is 2. The Balaban J connectivity index is 1.31. The highest BCUT2D eigenvalue weighted by atomic mass is 32.2. The Hall–Kier alpha value is -2.57. The number of nitrogens with one attached hydrogen (secondary N) is 2. The van der Waals surface area contributed by atoms with Gasteiger partial charge in [0.2, 0.25) is 10.0 Å². The predicted molar refractivity (Wildman–Crippen MR) is 111 cm³/mol. The van der Waals surface area contributed by atoms with Gasteiger partial charge in [-0.05, 0) is 25.0 Å². The molecule has 2 saturated heterocycles. The summed E-state index contributed by atoms with van der Waals surface area (Å²) in [5.41, 5.74) is 1.46. The molecule has 12 heteroatoms. The fraction of sp³-hybridized carbons (Fsp3) is 0.550. The number of amides is 4. The van der Waals surface area contributed by atoms with E-state index in [1.54, 1.807) is 4.90 Å². The first-order valence-electron chi connectivity index (χ1n) is 10.7. The molecule has 10 nitrogen and oxygen atoms in total. The maximum Gasteiger partial charge on any atom is 0.344 e. The molecule has 1 aliphatic carbocycles. The van der Waals surface area contributed by atoms with E-state index in [0.717, 1.165) is 30.3 Å². The van der Waals surface area contributed by atoms with Crippen LogP contribution in [0.1, 0.15) is 32.1 Å². The molecule has 0 atom stereocenters. The highest BCUT2D eigenvalue weighted by Gasteiger charge is 2.52. The Morgan fingerprint density at radius 1 is 1.06 bits per heavy atom. The molecule has 1 aromatic carbocycles. The van der Waals surface area contributed by atoms with E-state index < -0.39 is 39.2 Å². The van der Waals surface area contributed by atoms with E-state index in [1.807, 2.05) is 0 Å². The maximum absolute atomic E-state index is 13.9. The number of carbonyl (C=O) groups excluding carboxylic acids is 3. The lowest BCUT2D eigenvalue weighted by Crippen LogP contribution is -2.54. The third-order valence-electron chi connectivity index (χ3n) is 6.26. The van der Waals surface area contributed by atoms with Crippen molar-refractivity contribution in [1.82, 2.24) is 25.0 Å². The smallest absolute Gasteiger partial charge is 0.322 e. The van der Waals surface area contributed by atoms with Crippen molar-refractivity contribution in [2.75, 3.05) is 32.7 Å². The first kappa shape index (κ1) is 22.6. The summed E-state index contributed by atoms with van der Waals surface area (Å²) in [6.07, 6.45) is 3.81. The lowest BCUT2D eigenvalue weighted by Gasteiger charge is -2.33. The van der Waals surface area contributed by atoms with Crippen LogP contribution in [0.5, 0.6) is 0 Å². The van der Waals surface area contributed by atoms with Crippen LogP contribution in [-0.2, 0) is 19.6 Å². The Morgan fingerprint density at radius 3 is 2.38 bits per heavy atom. The zero-order valence-corrected chi connectivity index (χ0v) is 18.4. The number of halogens is 1. The number of benzene rings is 1. The van der Waals surface area contributed by atoms with Crippen LogP contribution >= 0.6 is 0 Å².